The molecule has 2 aliphatic rings. The molecule has 0 aromatic rings. The third-order valence-electron chi connectivity index (χ3n) is 5.92. The SMILES string of the molecule is CC(C)N1CCC(O)(C2(C#N)CCC(C)(C)CC2)CC1. The van der Waals surface area contributed by atoms with Gasteiger partial charge in [-0.15, -0.1) is 0 Å². The van der Waals surface area contributed by atoms with Crippen LogP contribution in [-0.2, 0) is 0 Å². The molecule has 20 heavy (non-hydrogen) atoms. The summed E-state index contributed by atoms with van der Waals surface area (Å²) in [5.74, 6) is 0. The van der Waals surface area contributed by atoms with Crippen LogP contribution in [0.15, 0.2) is 0 Å². The Labute approximate surface area is 124 Å². The van der Waals surface area contributed by atoms with Gasteiger partial charge in [0, 0.05) is 19.1 Å². The van der Waals surface area contributed by atoms with Gasteiger partial charge in [0.1, 0.15) is 0 Å². The fourth-order valence-electron chi connectivity index (χ4n) is 3.92. The minimum atomic E-state index is -0.774. The molecule has 1 saturated heterocycles. The largest absolute Gasteiger partial charge is 0.388 e. The topological polar surface area (TPSA) is 47.3 Å². The van der Waals surface area contributed by atoms with Crippen LogP contribution in [-0.4, -0.2) is 34.7 Å². The van der Waals surface area contributed by atoms with Gasteiger partial charge in [0.15, 0.2) is 0 Å². The van der Waals surface area contributed by atoms with Gasteiger partial charge in [-0.25, -0.2) is 0 Å². The van der Waals surface area contributed by atoms with Crippen molar-refractivity contribution in [2.45, 2.75) is 77.9 Å². The summed E-state index contributed by atoms with van der Waals surface area (Å²) in [4.78, 5) is 2.41. The molecule has 0 atom stereocenters. The van der Waals surface area contributed by atoms with E-state index < -0.39 is 11.0 Å². The van der Waals surface area contributed by atoms with Crippen molar-refractivity contribution in [3.05, 3.63) is 0 Å². The normalized spacial score (nSPS) is 29.1. The number of nitriles is 1. The van der Waals surface area contributed by atoms with E-state index in [1.807, 2.05) is 0 Å². The van der Waals surface area contributed by atoms with Crippen LogP contribution in [0.2, 0.25) is 0 Å². The van der Waals surface area contributed by atoms with E-state index in [9.17, 15) is 10.4 Å². The summed E-state index contributed by atoms with van der Waals surface area (Å²) in [5, 5.41) is 20.9. The third-order valence-corrected chi connectivity index (χ3v) is 5.92. The highest BCUT2D eigenvalue weighted by molar-refractivity contribution is 5.15. The zero-order valence-electron chi connectivity index (χ0n) is 13.6. The van der Waals surface area contributed by atoms with E-state index >= 15 is 0 Å². The van der Waals surface area contributed by atoms with Gasteiger partial charge in [0.05, 0.1) is 17.1 Å². The van der Waals surface area contributed by atoms with Crippen LogP contribution in [0, 0.1) is 22.2 Å². The molecule has 3 nitrogen and oxygen atoms in total. The zero-order chi connectivity index (χ0) is 15.0. The lowest BCUT2D eigenvalue weighted by Crippen LogP contribution is -2.57. The van der Waals surface area contributed by atoms with Crippen LogP contribution in [0.1, 0.15) is 66.2 Å². The van der Waals surface area contributed by atoms with Gasteiger partial charge in [-0.1, -0.05) is 13.8 Å². The van der Waals surface area contributed by atoms with E-state index in [2.05, 4.69) is 38.7 Å². The van der Waals surface area contributed by atoms with Crippen molar-refractivity contribution in [1.29, 1.82) is 5.26 Å². The molecule has 0 bridgehead atoms. The van der Waals surface area contributed by atoms with E-state index in [4.69, 9.17) is 0 Å². The number of hydrogen-bond acceptors (Lipinski definition) is 3. The number of nitrogens with zero attached hydrogens (tertiary/aromatic N) is 2. The molecule has 1 aliphatic heterocycles. The molecule has 0 amide bonds. The maximum Gasteiger partial charge on any atom is 0.0861 e. The Kier molecular flexibility index (Phi) is 4.19. The van der Waals surface area contributed by atoms with Gasteiger partial charge >= 0.3 is 0 Å². The molecule has 1 N–H and O–H groups in total. The van der Waals surface area contributed by atoms with Gasteiger partial charge in [0.25, 0.3) is 0 Å². The minimum Gasteiger partial charge on any atom is -0.388 e. The van der Waals surface area contributed by atoms with Crippen molar-refractivity contribution in [3.63, 3.8) is 0 Å². The molecule has 1 aliphatic carbocycles. The predicted octanol–water partition coefficient (Wildman–Crippen LogP) is 3.33. The summed E-state index contributed by atoms with van der Waals surface area (Å²) in [5.41, 5.74) is -0.954. The Bertz CT molecular complexity index is 376. The molecule has 1 saturated carbocycles. The molecule has 2 fully saturated rings. The maximum absolute atomic E-state index is 11.2. The quantitative estimate of drug-likeness (QED) is 0.843. The Morgan fingerprint density at radius 2 is 1.50 bits per heavy atom. The predicted molar refractivity (Wildman–Crippen MR) is 81.2 cm³/mol. The van der Waals surface area contributed by atoms with Crippen molar-refractivity contribution in [2.24, 2.45) is 10.8 Å². The summed E-state index contributed by atoms with van der Waals surface area (Å²) in [6.07, 6.45) is 5.31. The second-order valence-corrected chi connectivity index (χ2v) is 8.02. The smallest absolute Gasteiger partial charge is 0.0861 e. The summed E-state index contributed by atoms with van der Waals surface area (Å²) < 4.78 is 0. The number of aliphatic hydroxyl groups is 1. The average Bonchev–Trinajstić information content (AvgIpc) is 2.39. The number of likely N-dealkylation sites (tertiary alicyclic amines) is 1. The molecule has 1 heterocycles. The molecule has 0 unspecified atom stereocenters. The van der Waals surface area contributed by atoms with Gasteiger partial charge in [-0.2, -0.15) is 5.26 Å². The summed E-state index contributed by atoms with van der Waals surface area (Å²) in [6.45, 7) is 10.8. The first kappa shape index (κ1) is 15.8. The van der Waals surface area contributed by atoms with Crippen molar-refractivity contribution < 1.29 is 5.11 Å². The van der Waals surface area contributed by atoms with E-state index in [-0.39, 0.29) is 0 Å². The monoisotopic (exact) mass is 278 g/mol. The number of rotatable bonds is 2. The van der Waals surface area contributed by atoms with Crippen molar-refractivity contribution in [1.82, 2.24) is 4.90 Å². The molecule has 0 aromatic carbocycles. The lowest BCUT2D eigenvalue weighted by molar-refractivity contribution is -0.121. The first-order valence-electron chi connectivity index (χ1n) is 8.11. The number of piperidine rings is 1. The van der Waals surface area contributed by atoms with E-state index in [1.54, 1.807) is 0 Å². The molecule has 2 rings (SSSR count). The van der Waals surface area contributed by atoms with Crippen LogP contribution in [0.3, 0.4) is 0 Å². The average molecular weight is 278 g/mol. The Balaban J connectivity index is 2.11. The van der Waals surface area contributed by atoms with Crippen LogP contribution in [0.25, 0.3) is 0 Å². The third kappa shape index (κ3) is 2.73. The van der Waals surface area contributed by atoms with Crippen molar-refractivity contribution in [3.8, 4) is 6.07 Å². The minimum absolute atomic E-state index is 0.329. The van der Waals surface area contributed by atoms with E-state index in [1.165, 1.54) is 0 Å². The van der Waals surface area contributed by atoms with Gasteiger partial charge in [0.2, 0.25) is 0 Å². The standard InChI is InChI=1S/C17H30N2O/c1-14(2)19-11-9-17(20,10-12-19)16(13-18)7-5-15(3,4)6-8-16/h14,20H,5-12H2,1-4H3. The van der Waals surface area contributed by atoms with E-state index in [0.717, 1.165) is 51.6 Å². The van der Waals surface area contributed by atoms with Crippen molar-refractivity contribution in [2.75, 3.05) is 13.1 Å². The van der Waals surface area contributed by atoms with Crippen LogP contribution in [0.5, 0.6) is 0 Å². The van der Waals surface area contributed by atoms with Crippen molar-refractivity contribution >= 4 is 0 Å². The fraction of sp³-hybridized carbons (Fsp3) is 0.941. The Hall–Kier alpha value is -0.590. The van der Waals surface area contributed by atoms with Crippen LogP contribution >= 0.6 is 0 Å². The van der Waals surface area contributed by atoms with E-state index in [0.29, 0.717) is 11.5 Å². The first-order chi connectivity index (χ1) is 9.24. The molecule has 0 radical (unpaired) electrons. The molecule has 0 aromatic heterocycles. The molecule has 114 valence electrons. The summed E-state index contributed by atoms with van der Waals surface area (Å²) in [7, 11) is 0. The highest BCUT2D eigenvalue weighted by Gasteiger charge is 2.54. The highest BCUT2D eigenvalue weighted by atomic mass is 16.3. The Morgan fingerprint density at radius 3 is 1.90 bits per heavy atom. The van der Waals surface area contributed by atoms with Gasteiger partial charge in [-0.3, -0.25) is 0 Å². The second-order valence-electron chi connectivity index (χ2n) is 8.02. The first-order valence-corrected chi connectivity index (χ1v) is 8.11. The number of hydrogen-bond donors (Lipinski definition) is 1. The summed E-state index contributed by atoms with van der Waals surface area (Å²) in [6, 6.07) is 3.07. The maximum atomic E-state index is 11.2. The highest BCUT2D eigenvalue weighted by Crippen LogP contribution is 2.53. The molecular weight excluding hydrogens is 248 g/mol. The molecular formula is C17H30N2O. The fourth-order valence-corrected chi connectivity index (χ4v) is 3.92. The summed E-state index contributed by atoms with van der Waals surface area (Å²) >= 11 is 0. The van der Waals surface area contributed by atoms with Crippen LogP contribution < -0.4 is 0 Å². The lowest BCUT2D eigenvalue weighted by atomic mass is 9.57. The van der Waals surface area contributed by atoms with Crippen LogP contribution in [0.4, 0.5) is 0 Å². The van der Waals surface area contributed by atoms with Gasteiger partial charge in [-0.05, 0) is 57.8 Å². The molecule has 0 spiro atoms. The zero-order valence-corrected chi connectivity index (χ0v) is 13.6. The van der Waals surface area contributed by atoms with Gasteiger partial charge < -0.3 is 10.0 Å². The molecule has 3 heteroatoms. The second kappa shape index (κ2) is 5.31. The Morgan fingerprint density at radius 1 is 1.00 bits per heavy atom. The lowest BCUT2D eigenvalue weighted by Gasteiger charge is -2.52.